The van der Waals surface area contributed by atoms with E-state index in [-0.39, 0.29) is 22.3 Å². The second kappa shape index (κ2) is 7.98. The van der Waals surface area contributed by atoms with Crippen molar-refractivity contribution >= 4 is 50.9 Å². The maximum Gasteiger partial charge on any atom is 0.340 e. The first-order valence-corrected chi connectivity index (χ1v) is 9.20. The number of hydrogen-bond acceptors (Lipinski definition) is 6. The van der Waals surface area contributed by atoms with Crippen molar-refractivity contribution in [2.24, 2.45) is 0 Å². The minimum Gasteiger partial charge on any atom is -0.467 e. The Labute approximate surface area is 170 Å². The standard InChI is InChI=1S/C17H18BrCl2N3O3/c1-8(25-15-14(21)22-7-11(18)23-15)12-10(19)6-5-9(13(12)20)16(24)26-17(2,3)4/h5-8H,1-4H3,(H2,21,22). The zero-order valence-electron chi connectivity index (χ0n) is 14.6. The average Bonchev–Trinajstić information content (AvgIpc) is 2.49. The number of nitrogen functional groups attached to an aromatic ring is 1. The lowest BCUT2D eigenvalue weighted by Crippen LogP contribution is -2.24. The van der Waals surface area contributed by atoms with E-state index >= 15 is 0 Å². The molecule has 1 atom stereocenters. The molecule has 9 heteroatoms. The Hall–Kier alpha value is -1.57. The first-order chi connectivity index (χ1) is 12.0. The van der Waals surface area contributed by atoms with Gasteiger partial charge in [0.2, 0.25) is 0 Å². The summed E-state index contributed by atoms with van der Waals surface area (Å²) in [6.45, 7) is 7.04. The minimum atomic E-state index is -0.650. The normalized spacial score (nSPS) is 12.6. The topological polar surface area (TPSA) is 87.3 Å². The Bertz CT molecular complexity index is 841. The summed E-state index contributed by atoms with van der Waals surface area (Å²) in [7, 11) is 0. The van der Waals surface area contributed by atoms with Gasteiger partial charge in [-0.3, -0.25) is 0 Å². The van der Waals surface area contributed by atoms with Crippen LogP contribution in [0.5, 0.6) is 5.88 Å². The summed E-state index contributed by atoms with van der Waals surface area (Å²) < 4.78 is 11.6. The van der Waals surface area contributed by atoms with Crippen molar-refractivity contribution < 1.29 is 14.3 Å². The summed E-state index contributed by atoms with van der Waals surface area (Å²) >= 11 is 15.9. The molecule has 0 spiro atoms. The van der Waals surface area contributed by atoms with Crippen LogP contribution in [0.1, 0.15) is 49.7 Å². The average molecular weight is 463 g/mol. The zero-order valence-corrected chi connectivity index (χ0v) is 17.7. The molecule has 0 saturated heterocycles. The lowest BCUT2D eigenvalue weighted by atomic mass is 10.1. The number of ether oxygens (including phenoxy) is 2. The summed E-state index contributed by atoms with van der Waals surface area (Å²) in [5, 5.41) is 0.497. The fourth-order valence-electron chi connectivity index (χ4n) is 2.11. The SMILES string of the molecule is CC(Oc1nc(Br)cnc1N)c1c(Cl)ccc(C(=O)OC(C)(C)C)c1Cl. The molecule has 0 radical (unpaired) electrons. The number of rotatable bonds is 4. The molecule has 0 aliphatic heterocycles. The molecule has 1 unspecified atom stereocenters. The lowest BCUT2D eigenvalue weighted by Gasteiger charge is -2.22. The molecule has 1 aromatic heterocycles. The van der Waals surface area contributed by atoms with Crippen LogP contribution in [0.15, 0.2) is 22.9 Å². The largest absolute Gasteiger partial charge is 0.467 e. The predicted octanol–water partition coefficient (Wildman–Crippen LogP) is 5.22. The first kappa shape index (κ1) is 20.7. The number of benzene rings is 1. The molecule has 0 saturated carbocycles. The highest BCUT2D eigenvalue weighted by Gasteiger charge is 2.25. The Morgan fingerprint density at radius 3 is 2.58 bits per heavy atom. The van der Waals surface area contributed by atoms with Crippen molar-refractivity contribution in [3.63, 3.8) is 0 Å². The van der Waals surface area contributed by atoms with Crippen molar-refractivity contribution in [2.45, 2.75) is 39.4 Å². The summed E-state index contributed by atoms with van der Waals surface area (Å²) in [6.07, 6.45) is 0.818. The highest BCUT2D eigenvalue weighted by atomic mass is 79.9. The van der Waals surface area contributed by atoms with Gasteiger partial charge in [0.05, 0.1) is 16.8 Å². The van der Waals surface area contributed by atoms with E-state index in [9.17, 15) is 4.79 Å². The van der Waals surface area contributed by atoms with Crippen LogP contribution in [-0.2, 0) is 4.74 Å². The first-order valence-electron chi connectivity index (χ1n) is 7.65. The van der Waals surface area contributed by atoms with E-state index in [1.165, 1.54) is 12.3 Å². The van der Waals surface area contributed by atoms with Crippen LogP contribution in [0, 0.1) is 0 Å². The molecule has 0 aliphatic carbocycles. The third-order valence-electron chi connectivity index (χ3n) is 3.18. The number of nitrogens with zero attached hydrogens (tertiary/aromatic N) is 2. The van der Waals surface area contributed by atoms with Gasteiger partial charge in [-0.05, 0) is 55.8 Å². The van der Waals surface area contributed by atoms with Crippen molar-refractivity contribution in [1.82, 2.24) is 9.97 Å². The Balaban J connectivity index is 2.38. The Kier molecular flexibility index (Phi) is 6.37. The van der Waals surface area contributed by atoms with Gasteiger partial charge >= 0.3 is 5.97 Å². The molecule has 0 aliphatic rings. The van der Waals surface area contributed by atoms with Crippen molar-refractivity contribution in [3.8, 4) is 5.88 Å². The fourth-order valence-corrected chi connectivity index (χ4v) is 3.13. The molecule has 1 aromatic carbocycles. The van der Waals surface area contributed by atoms with Crippen LogP contribution in [0.25, 0.3) is 0 Å². The summed E-state index contributed by atoms with van der Waals surface area (Å²) in [6, 6.07) is 3.08. The molecule has 2 aromatic rings. The lowest BCUT2D eigenvalue weighted by molar-refractivity contribution is 0.00695. The molecule has 0 fully saturated rings. The summed E-state index contributed by atoms with van der Waals surface area (Å²) in [5.41, 5.74) is 5.76. The molecular formula is C17H18BrCl2N3O3. The fraction of sp³-hybridized carbons (Fsp3) is 0.353. The molecule has 2 rings (SSSR count). The van der Waals surface area contributed by atoms with Gasteiger partial charge in [-0.25, -0.2) is 14.8 Å². The van der Waals surface area contributed by atoms with Crippen LogP contribution in [-0.4, -0.2) is 21.5 Å². The van der Waals surface area contributed by atoms with Gasteiger partial charge in [0.25, 0.3) is 5.88 Å². The number of anilines is 1. The highest BCUT2D eigenvalue weighted by Crippen LogP contribution is 2.36. The Morgan fingerprint density at radius 1 is 1.31 bits per heavy atom. The van der Waals surface area contributed by atoms with E-state index in [2.05, 4.69) is 25.9 Å². The third kappa shape index (κ3) is 4.99. The predicted molar refractivity (Wildman–Crippen MR) is 105 cm³/mol. The smallest absolute Gasteiger partial charge is 0.340 e. The maximum absolute atomic E-state index is 12.4. The number of nitrogens with two attached hydrogens (primary N) is 1. The highest BCUT2D eigenvalue weighted by molar-refractivity contribution is 9.10. The second-order valence-electron chi connectivity index (χ2n) is 6.47. The maximum atomic E-state index is 12.4. The van der Waals surface area contributed by atoms with Gasteiger partial charge in [0, 0.05) is 10.6 Å². The van der Waals surface area contributed by atoms with Gasteiger partial charge in [0.15, 0.2) is 5.82 Å². The van der Waals surface area contributed by atoms with E-state index in [1.807, 2.05) is 0 Å². The number of halogens is 3. The molecule has 0 bridgehead atoms. The Morgan fingerprint density at radius 2 is 1.96 bits per heavy atom. The third-order valence-corrected chi connectivity index (χ3v) is 4.30. The quantitative estimate of drug-likeness (QED) is 0.626. The number of esters is 1. The number of aromatic nitrogens is 2. The molecule has 0 amide bonds. The van der Waals surface area contributed by atoms with E-state index in [0.717, 1.165) is 0 Å². The van der Waals surface area contributed by atoms with Gasteiger partial charge < -0.3 is 15.2 Å². The van der Waals surface area contributed by atoms with Gasteiger partial charge in [-0.2, -0.15) is 0 Å². The monoisotopic (exact) mass is 461 g/mol. The van der Waals surface area contributed by atoms with E-state index < -0.39 is 17.7 Å². The second-order valence-corrected chi connectivity index (χ2v) is 8.07. The van der Waals surface area contributed by atoms with Crippen LogP contribution >= 0.6 is 39.1 Å². The number of hydrogen-bond donors (Lipinski definition) is 1. The van der Waals surface area contributed by atoms with Gasteiger partial charge in [-0.15, -0.1) is 0 Å². The van der Waals surface area contributed by atoms with Crippen LogP contribution in [0.3, 0.4) is 0 Å². The summed E-state index contributed by atoms with van der Waals surface area (Å²) in [5.74, 6) is -0.299. The van der Waals surface area contributed by atoms with Crippen LogP contribution in [0.2, 0.25) is 10.0 Å². The van der Waals surface area contributed by atoms with E-state index in [1.54, 1.807) is 33.8 Å². The van der Waals surface area contributed by atoms with Crippen LogP contribution < -0.4 is 10.5 Å². The molecule has 6 nitrogen and oxygen atoms in total. The van der Waals surface area contributed by atoms with Gasteiger partial charge in [-0.1, -0.05) is 23.2 Å². The van der Waals surface area contributed by atoms with E-state index in [0.29, 0.717) is 15.2 Å². The zero-order chi connectivity index (χ0) is 19.6. The number of carbonyl (C=O) groups is 1. The molecule has 2 N–H and O–H groups in total. The van der Waals surface area contributed by atoms with E-state index in [4.69, 9.17) is 38.4 Å². The van der Waals surface area contributed by atoms with Crippen molar-refractivity contribution in [1.29, 1.82) is 0 Å². The van der Waals surface area contributed by atoms with Gasteiger partial charge in [0.1, 0.15) is 16.3 Å². The molecule has 26 heavy (non-hydrogen) atoms. The minimum absolute atomic E-state index is 0.121. The molecule has 1 heterocycles. The molecule has 140 valence electrons. The van der Waals surface area contributed by atoms with Crippen molar-refractivity contribution in [3.05, 3.63) is 44.1 Å². The van der Waals surface area contributed by atoms with Crippen molar-refractivity contribution in [2.75, 3.05) is 5.73 Å². The molecular weight excluding hydrogens is 445 g/mol. The van der Waals surface area contributed by atoms with Crippen LogP contribution in [0.4, 0.5) is 5.82 Å². The summed E-state index contributed by atoms with van der Waals surface area (Å²) in [4.78, 5) is 20.5. The number of carbonyl (C=O) groups excluding carboxylic acids is 1.